The van der Waals surface area contributed by atoms with Crippen molar-refractivity contribution in [2.75, 3.05) is 6.61 Å². The van der Waals surface area contributed by atoms with Gasteiger partial charge in [0.25, 0.3) is 0 Å². The Bertz CT molecular complexity index is 291. The summed E-state index contributed by atoms with van der Waals surface area (Å²) in [5, 5.41) is 8.76. The monoisotopic (exact) mass is 250 g/mol. The van der Waals surface area contributed by atoms with Crippen LogP contribution in [0.3, 0.4) is 0 Å². The molecule has 1 unspecified atom stereocenters. The normalized spacial score (nSPS) is 13.0. The average Bonchev–Trinajstić information content (AvgIpc) is 2.02. The van der Waals surface area contributed by atoms with Crippen molar-refractivity contribution in [3.8, 4) is 0 Å². The van der Waals surface area contributed by atoms with E-state index in [0.29, 0.717) is 4.47 Å². The first-order chi connectivity index (χ1) is 6.06. The molecule has 72 valence electrons. The van der Waals surface area contributed by atoms with Gasteiger partial charge in [-0.2, -0.15) is 0 Å². The minimum atomic E-state index is -0.631. The van der Waals surface area contributed by atoms with E-state index in [9.17, 15) is 8.78 Å². The zero-order valence-electron chi connectivity index (χ0n) is 7.02. The molecule has 0 spiro atoms. The quantitative estimate of drug-likeness (QED) is 0.856. The maximum absolute atomic E-state index is 13.2. The Balaban J connectivity index is 3.20. The fourth-order valence-corrected chi connectivity index (χ4v) is 1.52. The molecule has 0 aromatic heterocycles. The van der Waals surface area contributed by atoms with Crippen LogP contribution >= 0.6 is 15.9 Å². The molecule has 13 heavy (non-hydrogen) atoms. The number of aliphatic hydroxyl groups is 1. The van der Waals surface area contributed by atoms with E-state index < -0.39 is 17.6 Å². The molecule has 0 aliphatic heterocycles. The van der Waals surface area contributed by atoms with Gasteiger partial charge in [0.2, 0.25) is 0 Å². The Morgan fingerprint density at radius 3 is 2.23 bits per heavy atom. The molecule has 0 bridgehead atoms. The van der Waals surface area contributed by atoms with E-state index in [1.807, 2.05) is 0 Å². The molecule has 0 fully saturated rings. The van der Waals surface area contributed by atoms with Crippen LogP contribution in [0.2, 0.25) is 0 Å². The van der Waals surface area contributed by atoms with Gasteiger partial charge in [-0.25, -0.2) is 8.78 Å². The molecule has 1 N–H and O–H groups in total. The van der Waals surface area contributed by atoms with E-state index in [4.69, 9.17) is 5.11 Å². The summed E-state index contributed by atoms with van der Waals surface area (Å²) in [4.78, 5) is 0. The van der Waals surface area contributed by atoms with Crippen LogP contribution in [-0.4, -0.2) is 11.7 Å². The van der Waals surface area contributed by atoms with Crippen molar-refractivity contribution >= 4 is 15.9 Å². The Morgan fingerprint density at radius 1 is 1.38 bits per heavy atom. The Morgan fingerprint density at radius 2 is 1.85 bits per heavy atom. The summed E-state index contributed by atoms with van der Waals surface area (Å²) < 4.78 is 26.7. The van der Waals surface area contributed by atoms with Gasteiger partial charge < -0.3 is 5.11 Å². The van der Waals surface area contributed by atoms with Crippen molar-refractivity contribution in [2.45, 2.75) is 12.8 Å². The van der Waals surface area contributed by atoms with Crippen molar-refractivity contribution in [3.05, 3.63) is 33.8 Å². The Kier molecular flexibility index (Phi) is 3.39. The van der Waals surface area contributed by atoms with Crippen molar-refractivity contribution in [3.63, 3.8) is 0 Å². The molecule has 0 heterocycles. The van der Waals surface area contributed by atoms with Gasteiger partial charge in [0, 0.05) is 22.6 Å². The Hall–Kier alpha value is -0.480. The number of benzene rings is 1. The zero-order chi connectivity index (χ0) is 10.0. The topological polar surface area (TPSA) is 20.2 Å². The predicted octanol–water partition coefficient (Wildman–Crippen LogP) is 2.82. The van der Waals surface area contributed by atoms with Crippen LogP contribution in [0.25, 0.3) is 0 Å². The van der Waals surface area contributed by atoms with E-state index in [0.717, 1.165) is 0 Å². The maximum atomic E-state index is 13.2. The van der Waals surface area contributed by atoms with Crippen LogP contribution in [0, 0.1) is 11.6 Å². The lowest BCUT2D eigenvalue weighted by molar-refractivity contribution is 0.267. The van der Waals surface area contributed by atoms with E-state index in [-0.39, 0.29) is 12.2 Å². The summed E-state index contributed by atoms with van der Waals surface area (Å²) in [5.74, 6) is -1.78. The van der Waals surface area contributed by atoms with Crippen LogP contribution in [0.5, 0.6) is 0 Å². The molecule has 0 aliphatic rings. The third kappa shape index (κ3) is 2.25. The molecule has 0 amide bonds. The third-order valence-electron chi connectivity index (χ3n) is 1.81. The summed E-state index contributed by atoms with van der Waals surface area (Å²) in [6.45, 7) is 1.30. The molecule has 0 radical (unpaired) electrons. The smallest absolute Gasteiger partial charge is 0.130 e. The lowest BCUT2D eigenvalue weighted by Gasteiger charge is -2.10. The molecule has 0 aliphatic carbocycles. The van der Waals surface area contributed by atoms with E-state index in [1.54, 1.807) is 6.92 Å². The predicted molar refractivity (Wildman–Crippen MR) is 49.6 cm³/mol. The highest BCUT2D eigenvalue weighted by molar-refractivity contribution is 9.10. The highest BCUT2D eigenvalue weighted by Crippen LogP contribution is 2.25. The number of hydrogen-bond donors (Lipinski definition) is 1. The van der Waals surface area contributed by atoms with Gasteiger partial charge in [0.15, 0.2) is 0 Å². The van der Waals surface area contributed by atoms with Crippen LogP contribution < -0.4 is 0 Å². The molecule has 1 atom stereocenters. The first-order valence-corrected chi connectivity index (χ1v) is 4.61. The fourth-order valence-electron chi connectivity index (χ4n) is 1.12. The van der Waals surface area contributed by atoms with Crippen molar-refractivity contribution in [1.29, 1.82) is 0 Å². The summed E-state index contributed by atoms with van der Waals surface area (Å²) >= 11 is 2.98. The number of hydrogen-bond acceptors (Lipinski definition) is 1. The van der Waals surface area contributed by atoms with Gasteiger partial charge in [0.1, 0.15) is 11.6 Å². The summed E-state index contributed by atoms with van der Waals surface area (Å²) in [7, 11) is 0. The summed E-state index contributed by atoms with van der Waals surface area (Å²) in [5.41, 5.74) is -0.0642. The number of halogens is 3. The summed E-state index contributed by atoms with van der Waals surface area (Å²) in [6.07, 6.45) is 0. The van der Waals surface area contributed by atoms with Crippen molar-refractivity contribution < 1.29 is 13.9 Å². The van der Waals surface area contributed by atoms with Crippen LogP contribution in [0.1, 0.15) is 18.4 Å². The lowest BCUT2D eigenvalue weighted by atomic mass is 10.0. The Labute approximate surface area is 83.5 Å². The molecule has 0 saturated carbocycles. The van der Waals surface area contributed by atoms with Crippen LogP contribution in [0.15, 0.2) is 16.6 Å². The standard InChI is InChI=1S/C9H9BrF2O/c1-5(4-13)9-7(11)2-6(10)3-8(9)12/h2-3,5,13H,4H2,1H3. The van der Waals surface area contributed by atoms with Gasteiger partial charge in [-0.3, -0.25) is 0 Å². The lowest BCUT2D eigenvalue weighted by Crippen LogP contribution is -2.05. The molecule has 4 heteroatoms. The molecular weight excluding hydrogens is 242 g/mol. The second-order valence-corrected chi connectivity index (χ2v) is 3.78. The average molecular weight is 251 g/mol. The molecular formula is C9H9BrF2O. The van der Waals surface area contributed by atoms with Gasteiger partial charge in [-0.15, -0.1) is 0 Å². The molecule has 1 nitrogen and oxygen atoms in total. The van der Waals surface area contributed by atoms with Crippen LogP contribution in [0.4, 0.5) is 8.78 Å². The largest absolute Gasteiger partial charge is 0.396 e. The van der Waals surface area contributed by atoms with Crippen LogP contribution in [-0.2, 0) is 0 Å². The molecule has 0 saturated heterocycles. The first kappa shape index (κ1) is 10.6. The zero-order valence-corrected chi connectivity index (χ0v) is 8.61. The highest BCUT2D eigenvalue weighted by atomic mass is 79.9. The minimum absolute atomic E-state index is 0.0642. The number of aliphatic hydroxyl groups excluding tert-OH is 1. The van der Waals surface area contributed by atoms with Crippen molar-refractivity contribution in [2.24, 2.45) is 0 Å². The highest BCUT2D eigenvalue weighted by Gasteiger charge is 2.16. The third-order valence-corrected chi connectivity index (χ3v) is 2.27. The fraction of sp³-hybridized carbons (Fsp3) is 0.333. The van der Waals surface area contributed by atoms with E-state index >= 15 is 0 Å². The van der Waals surface area contributed by atoms with Gasteiger partial charge in [-0.1, -0.05) is 22.9 Å². The maximum Gasteiger partial charge on any atom is 0.130 e. The van der Waals surface area contributed by atoms with Gasteiger partial charge >= 0.3 is 0 Å². The second kappa shape index (κ2) is 4.15. The minimum Gasteiger partial charge on any atom is -0.396 e. The van der Waals surface area contributed by atoms with E-state index in [2.05, 4.69) is 15.9 Å². The summed E-state index contributed by atoms with van der Waals surface area (Å²) in [6, 6.07) is 2.37. The molecule has 1 aromatic rings. The second-order valence-electron chi connectivity index (χ2n) is 2.87. The number of rotatable bonds is 2. The SMILES string of the molecule is CC(CO)c1c(F)cc(Br)cc1F. The molecule has 1 rings (SSSR count). The van der Waals surface area contributed by atoms with E-state index in [1.165, 1.54) is 12.1 Å². The van der Waals surface area contributed by atoms with Gasteiger partial charge in [-0.05, 0) is 12.1 Å². The first-order valence-electron chi connectivity index (χ1n) is 3.81. The van der Waals surface area contributed by atoms with Crippen molar-refractivity contribution in [1.82, 2.24) is 0 Å². The molecule has 1 aromatic carbocycles. The van der Waals surface area contributed by atoms with Gasteiger partial charge in [0.05, 0.1) is 0 Å².